The van der Waals surface area contributed by atoms with Crippen molar-refractivity contribution in [3.05, 3.63) is 223 Å². The van der Waals surface area contributed by atoms with Crippen LogP contribution in [0, 0.1) is 0 Å². The van der Waals surface area contributed by atoms with Crippen LogP contribution in [0.4, 0.5) is 11.4 Å². The molecule has 10 aromatic rings. The van der Waals surface area contributed by atoms with Crippen LogP contribution >= 0.6 is 11.8 Å². The summed E-state index contributed by atoms with van der Waals surface area (Å²) in [6.45, 7) is 0. The lowest BCUT2D eigenvalue weighted by molar-refractivity contribution is 0.985. The number of thioether (sulfide) groups is 1. The second-order valence-electron chi connectivity index (χ2n) is 16.8. The SMILES string of the molecule is C1=C(c2nc(-c3ccccc3)nc(-c3ccc4cc3C4)n2)CC2Sc3ccc(-c4cccc(Nc5c(-c6ccccc6)ccc6c7ccccc7n(-c7ccccc7)c56)c4)cc3C2=C1. The van der Waals surface area contributed by atoms with Crippen LogP contribution in [0.15, 0.2) is 205 Å². The van der Waals surface area contributed by atoms with Gasteiger partial charge in [0.05, 0.1) is 16.7 Å². The minimum atomic E-state index is 0.278. The van der Waals surface area contributed by atoms with Gasteiger partial charge in [-0.1, -0.05) is 158 Å². The predicted molar refractivity (Wildman–Crippen MR) is 265 cm³/mol. The van der Waals surface area contributed by atoms with Gasteiger partial charge in [-0.2, -0.15) is 0 Å². The highest BCUT2D eigenvalue weighted by Crippen LogP contribution is 2.51. The summed E-state index contributed by atoms with van der Waals surface area (Å²) in [6.07, 6.45) is 6.37. The Morgan fingerprint density at radius 2 is 1.22 bits per heavy atom. The maximum atomic E-state index is 5.13. The molecule has 6 heteroatoms. The van der Waals surface area contributed by atoms with Gasteiger partial charge in [0.25, 0.3) is 0 Å². The van der Waals surface area contributed by atoms with Gasteiger partial charge in [-0.3, -0.25) is 0 Å². The molecule has 2 bridgehead atoms. The number of para-hydroxylation sites is 2. The molecule has 5 nitrogen and oxygen atoms in total. The van der Waals surface area contributed by atoms with E-state index in [9.17, 15) is 0 Å². The van der Waals surface area contributed by atoms with E-state index in [0.29, 0.717) is 5.82 Å². The van der Waals surface area contributed by atoms with E-state index in [2.05, 4.69) is 192 Å². The molecule has 2 aromatic heterocycles. The Bertz CT molecular complexity index is 3550. The molecule has 0 saturated carbocycles. The smallest absolute Gasteiger partial charge is 0.164 e. The van der Waals surface area contributed by atoms with Crippen LogP contribution in [-0.2, 0) is 6.42 Å². The average Bonchev–Trinajstić information content (AvgIpc) is 3.90. The number of nitrogens with one attached hydrogen (secondary N) is 1. The Morgan fingerprint density at radius 3 is 2.03 bits per heavy atom. The fourth-order valence-corrected chi connectivity index (χ4v) is 11.1. The highest BCUT2D eigenvalue weighted by atomic mass is 32.2. The van der Waals surface area contributed by atoms with Crippen molar-refractivity contribution in [2.75, 3.05) is 5.32 Å². The standard InChI is InChI=1S/C58H39N5S/c1-4-13-37(14-5-1)45-28-29-49-47-21-10-11-22-51(47)63(44-19-8-3-9-20-44)55(49)54(45)59-43-18-12-17-39(33-43)40-25-30-52-50(34-40)48-27-24-41(35-53(48)64-52)57-60-56(38-15-6-2-7-16-38)61-58(62-57)46-26-23-36-31-42(46)32-36/h1-31,33-34,53,59H,32,35H2. The van der Waals surface area contributed by atoms with E-state index >= 15 is 0 Å². The second-order valence-corrected chi connectivity index (χ2v) is 18.1. The first-order chi connectivity index (χ1) is 31.7. The number of fused-ring (bicyclic) bond motifs is 8. The molecule has 0 fully saturated rings. The van der Waals surface area contributed by atoms with Crippen molar-refractivity contribution >= 4 is 56.1 Å². The van der Waals surface area contributed by atoms with Gasteiger partial charge in [-0.05, 0) is 99.8 Å². The number of anilines is 2. The van der Waals surface area contributed by atoms with E-state index in [0.717, 1.165) is 80.5 Å². The number of hydrogen-bond donors (Lipinski definition) is 1. The second kappa shape index (κ2) is 14.9. The third kappa shape index (κ3) is 6.21. The summed E-state index contributed by atoms with van der Waals surface area (Å²) in [4.78, 5) is 16.5. The first kappa shape index (κ1) is 36.8. The maximum Gasteiger partial charge on any atom is 0.164 e. The van der Waals surface area contributed by atoms with Crippen LogP contribution in [0.3, 0.4) is 0 Å². The Hall–Kier alpha value is -7.80. The van der Waals surface area contributed by atoms with Gasteiger partial charge in [-0.15, -0.1) is 11.8 Å². The van der Waals surface area contributed by atoms with E-state index in [-0.39, 0.29) is 5.25 Å². The van der Waals surface area contributed by atoms with Gasteiger partial charge >= 0.3 is 0 Å². The quantitative estimate of drug-likeness (QED) is 0.165. The van der Waals surface area contributed by atoms with Crippen LogP contribution in [0.25, 0.3) is 83.7 Å². The number of aromatic nitrogens is 4. The van der Waals surface area contributed by atoms with Gasteiger partial charge in [0.2, 0.25) is 0 Å². The summed E-state index contributed by atoms with van der Waals surface area (Å²) in [5.41, 5.74) is 18.8. The molecular formula is C58H39N5S. The average molecular weight is 838 g/mol. The van der Waals surface area contributed by atoms with E-state index in [1.54, 1.807) is 0 Å². The monoisotopic (exact) mass is 837 g/mol. The zero-order valence-corrected chi connectivity index (χ0v) is 35.6. The van der Waals surface area contributed by atoms with Gasteiger partial charge in [0, 0.05) is 49.0 Å². The molecule has 1 N–H and O–H groups in total. The molecular weight excluding hydrogens is 799 g/mol. The number of rotatable bonds is 8. The molecule has 0 radical (unpaired) electrons. The van der Waals surface area contributed by atoms with Crippen LogP contribution < -0.4 is 5.32 Å². The fraction of sp³-hybridized carbons (Fsp3) is 0.0517. The number of nitrogens with zero attached hydrogens (tertiary/aromatic N) is 4. The summed E-state index contributed by atoms with van der Waals surface area (Å²) in [7, 11) is 0. The lowest BCUT2D eigenvalue weighted by atomic mass is 9.88. The Balaban J connectivity index is 0.870. The molecule has 3 aliphatic carbocycles. The molecule has 64 heavy (non-hydrogen) atoms. The van der Waals surface area contributed by atoms with Crippen LogP contribution in [0.1, 0.15) is 28.9 Å². The summed E-state index contributed by atoms with van der Waals surface area (Å²) >= 11 is 1.95. The van der Waals surface area contributed by atoms with Gasteiger partial charge in [0.1, 0.15) is 0 Å². The van der Waals surface area contributed by atoms with Gasteiger partial charge < -0.3 is 9.88 Å². The molecule has 4 aliphatic rings. The van der Waals surface area contributed by atoms with Crippen molar-refractivity contribution < 1.29 is 0 Å². The van der Waals surface area contributed by atoms with E-state index in [1.807, 2.05) is 30.0 Å². The normalized spacial score (nSPS) is 14.7. The summed E-state index contributed by atoms with van der Waals surface area (Å²) in [5, 5.41) is 6.70. The lowest BCUT2D eigenvalue weighted by Crippen LogP contribution is -2.11. The van der Waals surface area contributed by atoms with Crippen LogP contribution in [0.2, 0.25) is 0 Å². The molecule has 3 heterocycles. The van der Waals surface area contributed by atoms with Crippen LogP contribution in [-0.4, -0.2) is 24.8 Å². The maximum absolute atomic E-state index is 5.13. The Morgan fingerprint density at radius 1 is 0.516 bits per heavy atom. The predicted octanol–water partition coefficient (Wildman–Crippen LogP) is 14.6. The molecule has 1 aliphatic heterocycles. The Kier molecular flexibility index (Phi) is 8.59. The van der Waals surface area contributed by atoms with E-state index in [1.165, 1.54) is 49.0 Å². The Labute approximate surface area is 375 Å². The summed E-state index contributed by atoms with van der Waals surface area (Å²) in [5.74, 6) is 2.21. The van der Waals surface area contributed by atoms with Gasteiger partial charge in [-0.25, -0.2) is 15.0 Å². The minimum absolute atomic E-state index is 0.278. The van der Waals surface area contributed by atoms with Crippen LogP contribution in [0.5, 0.6) is 0 Å². The van der Waals surface area contributed by atoms with Crippen molar-refractivity contribution in [1.82, 2.24) is 19.5 Å². The fourth-order valence-electron chi connectivity index (χ4n) is 9.78. The molecule has 0 amide bonds. The molecule has 302 valence electrons. The molecule has 14 rings (SSSR count). The molecule has 1 atom stereocenters. The molecule has 8 aromatic carbocycles. The largest absolute Gasteiger partial charge is 0.353 e. The van der Waals surface area contributed by atoms with Crippen molar-refractivity contribution in [3.63, 3.8) is 0 Å². The first-order valence-corrected chi connectivity index (χ1v) is 22.8. The van der Waals surface area contributed by atoms with Crippen molar-refractivity contribution in [2.24, 2.45) is 0 Å². The summed E-state index contributed by atoms with van der Waals surface area (Å²) in [6, 6.07) is 67.4. The van der Waals surface area contributed by atoms with Gasteiger partial charge in [0.15, 0.2) is 17.5 Å². The zero-order valence-electron chi connectivity index (χ0n) is 34.7. The third-order valence-electron chi connectivity index (χ3n) is 12.9. The topological polar surface area (TPSA) is 55.6 Å². The van der Waals surface area contributed by atoms with E-state index in [4.69, 9.17) is 15.0 Å². The highest BCUT2D eigenvalue weighted by Gasteiger charge is 2.32. The first-order valence-electron chi connectivity index (χ1n) is 21.9. The number of hydrogen-bond acceptors (Lipinski definition) is 5. The minimum Gasteiger partial charge on any atom is -0.353 e. The number of allylic oxidation sites excluding steroid dienone is 3. The molecule has 0 saturated heterocycles. The van der Waals surface area contributed by atoms with Crippen molar-refractivity contribution in [2.45, 2.75) is 23.0 Å². The third-order valence-corrected chi connectivity index (χ3v) is 14.3. The number of benzene rings is 8. The van der Waals surface area contributed by atoms with E-state index < -0.39 is 0 Å². The highest BCUT2D eigenvalue weighted by molar-refractivity contribution is 8.00. The van der Waals surface area contributed by atoms with Crippen molar-refractivity contribution in [3.8, 4) is 50.7 Å². The van der Waals surface area contributed by atoms with Crippen molar-refractivity contribution in [1.29, 1.82) is 0 Å². The zero-order chi connectivity index (χ0) is 42.1. The lowest BCUT2D eigenvalue weighted by Gasteiger charge is -2.21. The molecule has 1 unspecified atom stereocenters. The molecule has 0 spiro atoms. The summed E-state index contributed by atoms with van der Waals surface area (Å²) < 4.78 is 2.41.